The molecule has 0 aliphatic carbocycles. The van der Waals surface area contributed by atoms with Crippen LogP contribution in [-0.4, -0.2) is 47.7 Å². The van der Waals surface area contributed by atoms with E-state index in [-0.39, 0.29) is 5.69 Å². The fourth-order valence-corrected chi connectivity index (χ4v) is 0.993. The van der Waals surface area contributed by atoms with Crippen LogP contribution >= 0.6 is 0 Å². The number of nitrogens with two attached hydrogens (primary N) is 1. The van der Waals surface area contributed by atoms with Gasteiger partial charge >= 0.3 is 0 Å². The molecular weight excluding hydrogens is 206 g/mol. The van der Waals surface area contributed by atoms with Crippen LogP contribution in [0.2, 0.25) is 0 Å². The molecule has 0 saturated heterocycles. The second-order valence-corrected chi connectivity index (χ2v) is 3.86. The molecule has 16 heavy (non-hydrogen) atoms. The SMILES string of the molecule is CC(CNc1ccc(C(N)=O)nn1)N(C)C. The summed E-state index contributed by atoms with van der Waals surface area (Å²) in [6.45, 7) is 2.86. The number of nitrogens with zero attached hydrogens (tertiary/aromatic N) is 3. The van der Waals surface area contributed by atoms with Gasteiger partial charge in [0.15, 0.2) is 5.69 Å². The average molecular weight is 223 g/mol. The van der Waals surface area contributed by atoms with Gasteiger partial charge < -0.3 is 16.0 Å². The highest BCUT2D eigenvalue weighted by Gasteiger charge is 2.06. The first-order valence-electron chi connectivity index (χ1n) is 5.04. The van der Waals surface area contributed by atoms with E-state index in [9.17, 15) is 4.79 Å². The molecule has 0 fully saturated rings. The summed E-state index contributed by atoms with van der Waals surface area (Å²) in [5, 5.41) is 10.7. The van der Waals surface area contributed by atoms with Crippen molar-refractivity contribution in [3.05, 3.63) is 17.8 Å². The molecule has 1 amide bonds. The van der Waals surface area contributed by atoms with Crippen molar-refractivity contribution < 1.29 is 4.79 Å². The lowest BCUT2D eigenvalue weighted by Crippen LogP contribution is -2.31. The first-order chi connectivity index (χ1) is 7.50. The molecule has 6 nitrogen and oxygen atoms in total. The zero-order valence-electron chi connectivity index (χ0n) is 9.77. The Kier molecular flexibility index (Phi) is 4.19. The standard InChI is InChI=1S/C10H17N5O/c1-7(15(2)3)6-12-9-5-4-8(10(11)16)13-14-9/h4-5,7H,6H2,1-3H3,(H2,11,16)(H,12,14). The molecule has 6 heteroatoms. The molecule has 0 radical (unpaired) electrons. The highest BCUT2D eigenvalue weighted by Crippen LogP contribution is 2.02. The van der Waals surface area contributed by atoms with E-state index < -0.39 is 5.91 Å². The van der Waals surface area contributed by atoms with Gasteiger partial charge in [-0.2, -0.15) is 0 Å². The van der Waals surface area contributed by atoms with Gasteiger partial charge in [0.25, 0.3) is 5.91 Å². The summed E-state index contributed by atoms with van der Waals surface area (Å²) in [7, 11) is 4.02. The number of aromatic nitrogens is 2. The van der Waals surface area contributed by atoms with Crippen molar-refractivity contribution in [1.82, 2.24) is 15.1 Å². The maximum absolute atomic E-state index is 10.8. The van der Waals surface area contributed by atoms with Crippen LogP contribution in [0.5, 0.6) is 0 Å². The number of carbonyl (C=O) groups is 1. The van der Waals surface area contributed by atoms with Crippen molar-refractivity contribution in [2.24, 2.45) is 5.73 Å². The van der Waals surface area contributed by atoms with Crippen molar-refractivity contribution in [1.29, 1.82) is 0 Å². The van der Waals surface area contributed by atoms with E-state index in [4.69, 9.17) is 5.73 Å². The molecule has 0 aliphatic rings. The number of anilines is 1. The van der Waals surface area contributed by atoms with Gasteiger partial charge in [-0.05, 0) is 33.2 Å². The molecule has 1 unspecified atom stereocenters. The van der Waals surface area contributed by atoms with E-state index >= 15 is 0 Å². The van der Waals surface area contributed by atoms with Gasteiger partial charge in [-0.1, -0.05) is 0 Å². The molecule has 0 bridgehead atoms. The molecule has 3 N–H and O–H groups in total. The molecule has 0 spiro atoms. The Morgan fingerprint density at radius 1 is 1.50 bits per heavy atom. The minimum Gasteiger partial charge on any atom is -0.367 e. The van der Waals surface area contributed by atoms with Gasteiger partial charge in [-0.25, -0.2) is 0 Å². The number of hydrogen-bond donors (Lipinski definition) is 2. The number of primary amides is 1. The predicted molar refractivity (Wildman–Crippen MR) is 62.2 cm³/mol. The van der Waals surface area contributed by atoms with Crippen LogP contribution in [0.3, 0.4) is 0 Å². The van der Waals surface area contributed by atoms with Crippen molar-refractivity contribution in [2.75, 3.05) is 26.0 Å². The summed E-state index contributed by atoms with van der Waals surface area (Å²) in [6, 6.07) is 3.63. The number of nitrogens with one attached hydrogen (secondary N) is 1. The molecule has 88 valence electrons. The molecule has 1 heterocycles. The molecule has 1 rings (SSSR count). The van der Waals surface area contributed by atoms with Crippen LogP contribution in [0.15, 0.2) is 12.1 Å². The summed E-state index contributed by atoms with van der Waals surface area (Å²) in [5.74, 6) is 0.0689. The van der Waals surface area contributed by atoms with Gasteiger partial charge in [0, 0.05) is 12.6 Å². The molecule has 1 atom stereocenters. The fourth-order valence-electron chi connectivity index (χ4n) is 0.993. The van der Waals surface area contributed by atoms with Crippen molar-refractivity contribution in [2.45, 2.75) is 13.0 Å². The summed E-state index contributed by atoms with van der Waals surface area (Å²) < 4.78 is 0. The highest BCUT2D eigenvalue weighted by atomic mass is 16.1. The zero-order chi connectivity index (χ0) is 12.1. The quantitative estimate of drug-likeness (QED) is 0.730. The Labute approximate surface area is 94.8 Å². The summed E-state index contributed by atoms with van der Waals surface area (Å²) in [4.78, 5) is 12.9. The van der Waals surface area contributed by atoms with E-state index in [1.165, 1.54) is 0 Å². The lowest BCUT2D eigenvalue weighted by Gasteiger charge is -2.19. The van der Waals surface area contributed by atoms with Crippen molar-refractivity contribution in [3.8, 4) is 0 Å². The number of rotatable bonds is 5. The number of hydrogen-bond acceptors (Lipinski definition) is 5. The maximum atomic E-state index is 10.8. The van der Waals surface area contributed by atoms with E-state index in [2.05, 4.69) is 27.3 Å². The Balaban J connectivity index is 2.53. The summed E-state index contributed by atoms with van der Waals surface area (Å²) >= 11 is 0. The topological polar surface area (TPSA) is 84.1 Å². The molecule has 1 aromatic rings. The van der Waals surface area contributed by atoms with Crippen LogP contribution in [0.25, 0.3) is 0 Å². The van der Waals surface area contributed by atoms with Crippen LogP contribution in [0, 0.1) is 0 Å². The maximum Gasteiger partial charge on any atom is 0.269 e. The van der Waals surface area contributed by atoms with E-state index in [0.717, 1.165) is 6.54 Å². The second-order valence-electron chi connectivity index (χ2n) is 3.86. The van der Waals surface area contributed by atoms with Gasteiger partial charge in [0.2, 0.25) is 0 Å². The first kappa shape index (κ1) is 12.4. The monoisotopic (exact) mass is 223 g/mol. The molecule has 0 aliphatic heterocycles. The minimum absolute atomic E-state index is 0.172. The van der Waals surface area contributed by atoms with E-state index in [1.54, 1.807) is 12.1 Å². The number of amides is 1. The lowest BCUT2D eigenvalue weighted by molar-refractivity contribution is 0.0994. The molecule has 0 aromatic carbocycles. The van der Waals surface area contributed by atoms with Gasteiger partial charge in [0.05, 0.1) is 0 Å². The van der Waals surface area contributed by atoms with E-state index in [1.807, 2.05) is 14.1 Å². The second kappa shape index (κ2) is 5.41. The van der Waals surface area contributed by atoms with Gasteiger partial charge in [0.1, 0.15) is 5.82 Å². The Hall–Kier alpha value is -1.69. The first-order valence-corrected chi connectivity index (χ1v) is 5.04. The van der Waals surface area contributed by atoms with Crippen molar-refractivity contribution in [3.63, 3.8) is 0 Å². The van der Waals surface area contributed by atoms with Crippen LogP contribution < -0.4 is 11.1 Å². The third kappa shape index (κ3) is 3.47. The molecular formula is C10H17N5O. The fraction of sp³-hybridized carbons (Fsp3) is 0.500. The van der Waals surface area contributed by atoms with Crippen LogP contribution in [0.4, 0.5) is 5.82 Å². The Bertz CT molecular complexity index is 349. The lowest BCUT2D eigenvalue weighted by atomic mass is 10.3. The predicted octanol–water partition coefficient (Wildman–Crippen LogP) is -0.0625. The summed E-state index contributed by atoms with van der Waals surface area (Å²) in [6.07, 6.45) is 0. The largest absolute Gasteiger partial charge is 0.367 e. The average Bonchev–Trinajstić information content (AvgIpc) is 2.26. The zero-order valence-corrected chi connectivity index (χ0v) is 9.77. The highest BCUT2D eigenvalue weighted by molar-refractivity contribution is 5.90. The van der Waals surface area contributed by atoms with Gasteiger partial charge in [-0.15, -0.1) is 10.2 Å². The van der Waals surface area contributed by atoms with E-state index in [0.29, 0.717) is 11.9 Å². The Morgan fingerprint density at radius 2 is 2.19 bits per heavy atom. The van der Waals surface area contributed by atoms with Gasteiger partial charge in [-0.3, -0.25) is 4.79 Å². The van der Waals surface area contributed by atoms with Crippen LogP contribution in [-0.2, 0) is 0 Å². The van der Waals surface area contributed by atoms with Crippen molar-refractivity contribution >= 4 is 11.7 Å². The molecule has 1 aromatic heterocycles. The van der Waals surface area contributed by atoms with Crippen LogP contribution in [0.1, 0.15) is 17.4 Å². The third-order valence-corrected chi connectivity index (χ3v) is 2.38. The Morgan fingerprint density at radius 3 is 2.62 bits per heavy atom. The minimum atomic E-state index is -0.569. The summed E-state index contributed by atoms with van der Waals surface area (Å²) in [5.41, 5.74) is 5.23. The smallest absolute Gasteiger partial charge is 0.269 e. The molecule has 0 saturated carbocycles. The number of likely N-dealkylation sites (N-methyl/N-ethyl adjacent to an activating group) is 1. The third-order valence-electron chi connectivity index (χ3n) is 2.38. The normalized spacial score (nSPS) is 12.5. The number of carbonyl (C=O) groups excluding carboxylic acids is 1.